The number of hydrogen-bond acceptors (Lipinski definition) is 3. The third-order valence-electron chi connectivity index (χ3n) is 2.93. The molecule has 5 nitrogen and oxygen atoms in total. The van der Waals surface area contributed by atoms with Gasteiger partial charge in [-0.2, -0.15) is 0 Å². The number of rotatable bonds is 3. The average molecular weight is 291 g/mol. The molecule has 1 aliphatic carbocycles. The summed E-state index contributed by atoms with van der Waals surface area (Å²) in [7, 11) is 0. The molecule has 0 saturated heterocycles. The van der Waals surface area contributed by atoms with Crippen LogP contribution in [0.4, 0.5) is 4.79 Å². The summed E-state index contributed by atoms with van der Waals surface area (Å²) < 4.78 is 5.21. The minimum absolute atomic E-state index is 0.00388. The summed E-state index contributed by atoms with van der Waals surface area (Å²) in [4.78, 5) is 22.8. The third-order valence-corrected chi connectivity index (χ3v) is 3.18. The highest BCUT2D eigenvalue weighted by molar-refractivity contribution is 6.27. The summed E-state index contributed by atoms with van der Waals surface area (Å²) in [5, 5.41) is 5.73. The molecular weight excluding hydrogens is 268 g/mol. The zero-order valence-corrected chi connectivity index (χ0v) is 12.5. The molecule has 0 unspecified atom stereocenters. The lowest BCUT2D eigenvalue weighted by Gasteiger charge is -2.30. The highest BCUT2D eigenvalue weighted by atomic mass is 35.5. The van der Waals surface area contributed by atoms with Gasteiger partial charge in [0, 0.05) is 12.1 Å². The second-order valence-corrected chi connectivity index (χ2v) is 6.16. The summed E-state index contributed by atoms with van der Waals surface area (Å²) in [6.45, 7) is 5.52. The molecule has 0 spiro atoms. The van der Waals surface area contributed by atoms with Gasteiger partial charge in [-0.15, -0.1) is 11.6 Å². The number of carbonyl (C=O) groups excluding carboxylic acids is 2. The van der Waals surface area contributed by atoms with E-state index < -0.39 is 5.60 Å². The number of amides is 2. The first kappa shape index (κ1) is 16.1. The highest BCUT2D eigenvalue weighted by Gasteiger charge is 2.25. The van der Waals surface area contributed by atoms with E-state index >= 15 is 0 Å². The van der Waals surface area contributed by atoms with E-state index in [2.05, 4.69) is 10.6 Å². The lowest BCUT2D eigenvalue weighted by atomic mass is 9.91. The molecule has 0 aromatic heterocycles. The summed E-state index contributed by atoms with van der Waals surface area (Å²) in [6.07, 6.45) is 3.01. The quantitative estimate of drug-likeness (QED) is 0.783. The minimum atomic E-state index is -0.477. The maximum absolute atomic E-state index is 11.6. The standard InChI is InChI=1S/C13H23ClN2O3/c1-13(2,3)19-12(18)16-10-6-4-9(5-7-10)15-11(17)8-14/h9-10H,4-8H2,1-3H3,(H,15,17)(H,16,18)/t9-,10-. The normalized spacial score (nSPS) is 23.6. The molecule has 1 saturated carbocycles. The van der Waals surface area contributed by atoms with Gasteiger partial charge >= 0.3 is 6.09 Å². The number of alkyl carbamates (subject to hydrolysis) is 1. The molecule has 0 aromatic carbocycles. The van der Waals surface area contributed by atoms with Crippen molar-refractivity contribution in [1.82, 2.24) is 10.6 Å². The first-order valence-corrected chi connectivity index (χ1v) is 7.18. The van der Waals surface area contributed by atoms with Crippen LogP contribution in [0, 0.1) is 0 Å². The molecule has 1 rings (SSSR count). The van der Waals surface area contributed by atoms with Crippen LogP contribution in [0.5, 0.6) is 0 Å². The highest BCUT2D eigenvalue weighted by Crippen LogP contribution is 2.19. The van der Waals surface area contributed by atoms with Gasteiger partial charge in [0.1, 0.15) is 11.5 Å². The van der Waals surface area contributed by atoms with Crippen molar-refractivity contribution in [2.45, 2.75) is 64.1 Å². The molecule has 0 radical (unpaired) electrons. The summed E-state index contributed by atoms with van der Waals surface area (Å²) in [5.41, 5.74) is -0.477. The lowest BCUT2D eigenvalue weighted by Crippen LogP contribution is -2.45. The van der Waals surface area contributed by atoms with Crippen LogP contribution in [0.1, 0.15) is 46.5 Å². The molecule has 0 aromatic rings. The smallest absolute Gasteiger partial charge is 0.407 e. The lowest BCUT2D eigenvalue weighted by molar-refractivity contribution is -0.119. The van der Waals surface area contributed by atoms with Gasteiger partial charge in [0.25, 0.3) is 0 Å². The Balaban J connectivity index is 2.26. The average Bonchev–Trinajstić information content (AvgIpc) is 2.29. The van der Waals surface area contributed by atoms with Crippen molar-refractivity contribution >= 4 is 23.6 Å². The second-order valence-electron chi connectivity index (χ2n) is 5.90. The fraction of sp³-hybridized carbons (Fsp3) is 0.846. The van der Waals surface area contributed by atoms with Gasteiger partial charge in [0.15, 0.2) is 0 Å². The number of halogens is 1. The second kappa shape index (κ2) is 6.98. The van der Waals surface area contributed by atoms with E-state index in [-0.39, 0.29) is 30.0 Å². The van der Waals surface area contributed by atoms with Gasteiger partial charge in [-0.05, 0) is 46.5 Å². The molecule has 19 heavy (non-hydrogen) atoms. The largest absolute Gasteiger partial charge is 0.444 e. The topological polar surface area (TPSA) is 67.4 Å². The van der Waals surface area contributed by atoms with E-state index in [9.17, 15) is 9.59 Å². The van der Waals surface area contributed by atoms with Crippen molar-refractivity contribution in [1.29, 1.82) is 0 Å². The summed E-state index contributed by atoms with van der Waals surface area (Å²) in [5.74, 6) is -0.138. The molecule has 2 N–H and O–H groups in total. The third kappa shape index (κ3) is 6.66. The molecule has 6 heteroatoms. The van der Waals surface area contributed by atoms with Gasteiger partial charge in [-0.3, -0.25) is 4.79 Å². The number of ether oxygens (including phenoxy) is 1. The van der Waals surface area contributed by atoms with E-state index in [0.717, 1.165) is 25.7 Å². The summed E-state index contributed by atoms with van der Waals surface area (Å²) in [6, 6.07) is 0.293. The van der Waals surface area contributed by atoms with Crippen molar-refractivity contribution in [3.63, 3.8) is 0 Å². The van der Waals surface area contributed by atoms with Crippen molar-refractivity contribution in [3.05, 3.63) is 0 Å². The fourth-order valence-electron chi connectivity index (χ4n) is 2.12. The zero-order chi connectivity index (χ0) is 14.5. The van der Waals surface area contributed by atoms with Gasteiger partial charge in [-0.1, -0.05) is 0 Å². The molecular formula is C13H23ClN2O3. The van der Waals surface area contributed by atoms with Crippen LogP contribution < -0.4 is 10.6 Å². The van der Waals surface area contributed by atoms with Crippen molar-refractivity contribution in [2.75, 3.05) is 5.88 Å². The molecule has 110 valence electrons. The SMILES string of the molecule is CC(C)(C)OC(=O)N[C@H]1CC[C@H](NC(=O)CCl)CC1. The Morgan fingerprint density at radius 3 is 2.00 bits per heavy atom. The maximum Gasteiger partial charge on any atom is 0.407 e. The predicted octanol–water partition coefficient (Wildman–Crippen LogP) is 2.18. The zero-order valence-electron chi connectivity index (χ0n) is 11.8. The molecule has 0 atom stereocenters. The number of hydrogen-bond donors (Lipinski definition) is 2. The Labute approximate surface area is 119 Å². The van der Waals surface area contributed by atoms with Crippen LogP contribution in [0.3, 0.4) is 0 Å². The molecule has 1 aliphatic rings. The van der Waals surface area contributed by atoms with Gasteiger partial charge in [0.05, 0.1) is 0 Å². The van der Waals surface area contributed by atoms with Crippen LogP contribution >= 0.6 is 11.6 Å². The van der Waals surface area contributed by atoms with E-state index in [4.69, 9.17) is 16.3 Å². The maximum atomic E-state index is 11.6. The molecule has 0 aliphatic heterocycles. The van der Waals surface area contributed by atoms with Gasteiger partial charge in [-0.25, -0.2) is 4.79 Å². The van der Waals surface area contributed by atoms with Crippen LogP contribution in [0.25, 0.3) is 0 Å². The van der Waals surface area contributed by atoms with E-state index in [1.165, 1.54) is 0 Å². The van der Waals surface area contributed by atoms with Crippen molar-refractivity contribution < 1.29 is 14.3 Å². The predicted molar refractivity (Wildman–Crippen MR) is 74.3 cm³/mol. The van der Waals surface area contributed by atoms with E-state index in [1.54, 1.807) is 0 Å². The molecule has 0 heterocycles. The summed E-state index contributed by atoms with van der Waals surface area (Å²) >= 11 is 5.44. The first-order chi connectivity index (χ1) is 8.80. The molecule has 1 fully saturated rings. The number of nitrogens with one attached hydrogen (secondary N) is 2. The minimum Gasteiger partial charge on any atom is -0.444 e. The van der Waals surface area contributed by atoms with Crippen molar-refractivity contribution in [3.8, 4) is 0 Å². The van der Waals surface area contributed by atoms with Crippen LogP contribution in [-0.2, 0) is 9.53 Å². The van der Waals surface area contributed by atoms with E-state index in [0.29, 0.717) is 0 Å². The van der Waals surface area contributed by atoms with Gasteiger partial charge < -0.3 is 15.4 Å². The number of carbonyl (C=O) groups is 2. The van der Waals surface area contributed by atoms with E-state index in [1.807, 2.05) is 20.8 Å². The molecule has 2 amide bonds. The van der Waals surface area contributed by atoms with Crippen LogP contribution in [0.15, 0.2) is 0 Å². The fourth-order valence-corrected chi connectivity index (χ4v) is 2.20. The Morgan fingerprint density at radius 1 is 1.11 bits per heavy atom. The Kier molecular flexibility index (Phi) is 5.91. The van der Waals surface area contributed by atoms with Crippen molar-refractivity contribution in [2.24, 2.45) is 0 Å². The monoisotopic (exact) mass is 290 g/mol. The Bertz CT molecular complexity index is 320. The molecule has 0 bridgehead atoms. The van der Waals surface area contributed by atoms with Crippen LogP contribution in [-0.4, -0.2) is 35.6 Å². The van der Waals surface area contributed by atoms with Crippen LogP contribution in [0.2, 0.25) is 0 Å². The number of alkyl halides is 1. The Hall–Kier alpha value is -0.970. The van der Waals surface area contributed by atoms with Gasteiger partial charge in [0.2, 0.25) is 5.91 Å². The Morgan fingerprint density at radius 2 is 1.58 bits per heavy atom. The first-order valence-electron chi connectivity index (χ1n) is 6.65.